The summed E-state index contributed by atoms with van der Waals surface area (Å²) in [5, 5.41) is 13.7. The molecule has 2 fully saturated rings. The van der Waals surface area contributed by atoms with E-state index in [1.807, 2.05) is 0 Å². The van der Waals surface area contributed by atoms with E-state index in [0.717, 1.165) is 38.8 Å². The molecule has 3 aliphatic rings. The molecular formula is C23H29N3O3. The van der Waals surface area contributed by atoms with Crippen LogP contribution in [0.2, 0.25) is 0 Å². The Bertz CT molecular complexity index is 899. The summed E-state index contributed by atoms with van der Waals surface area (Å²) < 4.78 is 5.44. The molecule has 0 unspecified atom stereocenters. The molecule has 1 saturated heterocycles. The van der Waals surface area contributed by atoms with E-state index in [-0.39, 0.29) is 17.7 Å². The summed E-state index contributed by atoms with van der Waals surface area (Å²) in [6.45, 7) is 5.62. The molecule has 1 aromatic carbocycles. The number of hydrogen-bond acceptors (Lipinski definition) is 5. The maximum atomic E-state index is 12.6. The van der Waals surface area contributed by atoms with Crippen LogP contribution in [0, 0.1) is 25.7 Å². The predicted octanol–water partition coefficient (Wildman–Crippen LogP) is 2.26. The highest BCUT2D eigenvalue weighted by atomic mass is 16.4. The number of aliphatic hydroxyl groups excluding tert-OH is 1. The minimum Gasteiger partial charge on any atom is -0.436 e. The van der Waals surface area contributed by atoms with E-state index in [0.29, 0.717) is 29.5 Å². The lowest BCUT2D eigenvalue weighted by atomic mass is 9.77. The Morgan fingerprint density at radius 2 is 1.79 bits per heavy atom. The van der Waals surface area contributed by atoms with Crippen LogP contribution in [-0.2, 0) is 12.8 Å². The Morgan fingerprint density at radius 1 is 1.14 bits per heavy atom. The Balaban J connectivity index is 1.23. The first-order valence-corrected chi connectivity index (χ1v) is 10.7. The Morgan fingerprint density at radius 3 is 2.41 bits per heavy atom. The molecule has 1 saturated carbocycles. The number of nitrogens with one attached hydrogen (secondary N) is 1. The second-order valence-electron chi connectivity index (χ2n) is 9.07. The summed E-state index contributed by atoms with van der Waals surface area (Å²) in [6.07, 6.45) is 3.32. The number of nitrogens with zero attached hydrogens (tertiary/aromatic N) is 2. The standard InChI is InChI=1S/C23H29N3O3/c1-13-22(29-14(2)24-13)23(28)25-20-9-17-11-26(12-18(17)10-21(20)27)19-7-15-5-3-4-6-16(15)8-19/h3-6,17-21,27H,7-12H2,1-2H3,(H,25,28)/t17-,18+,20-,21-/m0/s1. The highest BCUT2D eigenvalue weighted by Gasteiger charge is 2.44. The van der Waals surface area contributed by atoms with Gasteiger partial charge in [0.15, 0.2) is 5.89 Å². The lowest BCUT2D eigenvalue weighted by Gasteiger charge is -2.35. The second-order valence-corrected chi connectivity index (χ2v) is 9.07. The number of aliphatic hydroxyl groups is 1. The van der Waals surface area contributed by atoms with Crippen molar-refractivity contribution in [3.63, 3.8) is 0 Å². The number of benzene rings is 1. The minimum absolute atomic E-state index is 0.228. The summed E-state index contributed by atoms with van der Waals surface area (Å²) in [5.74, 6) is 1.50. The molecule has 2 aromatic rings. The van der Waals surface area contributed by atoms with Crippen LogP contribution >= 0.6 is 0 Å². The smallest absolute Gasteiger partial charge is 0.289 e. The molecule has 6 heteroatoms. The van der Waals surface area contributed by atoms with Gasteiger partial charge in [0.1, 0.15) is 0 Å². The molecule has 1 aromatic heterocycles. The van der Waals surface area contributed by atoms with Crippen molar-refractivity contribution in [3.05, 3.63) is 52.7 Å². The van der Waals surface area contributed by atoms with E-state index in [2.05, 4.69) is 39.5 Å². The molecule has 5 rings (SSSR count). The van der Waals surface area contributed by atoms with Crippen LogP contribution in [0.1, 0.15) is 46.1 Å². The van der Waals surface area contributed by atoms with Crippen LogP contribution in [0.5, 0.6) is 0 Å². The molecule has 0 bridgehead atoms. The van der Waals surface area contributed by atoms with Gasteiger partial charge in [-0.05, 0) is 55.6 Å². The Kier molecular flexibility index (Phi) is 4.71. The van der Waals surface area contributed by atoms with Crippen LogP contribution in [0.25, 0.3) is 0 Å². The van der Waals surface area contributed by atoms with E-state index < -0.39 is 6.10 Å². The molecule has 4 atom stereocenters. The third-order valence-electron chi connectivity index (χ3n) is 7.14. The summed E-state index contributed by atoms with van der Waals surface area (Å²) in [6, 6.07) is 9.11. The quantitative estimate of drug-likeness (QED) is 0.834. The summed E-state index contributed by atoms with van der Waals surface area (Å²) in [7, 11) is 0. The van der Waals surface area contributed by atoms with Crippen LogP contribution in [0.4, 0.5) is 0 Å². The molecule has 6 nitrogen and oxygen atoms in total. The summed E-state index contributed by atoms with van der Waals surface area (Å²) in [5.41, 5.74) is 3.56. The van der Waals surface area contributed by atoms with Crippen molar-refractivity contribution in [3.8, 4) is 0 Å². The van der Waals surface area contributed by atoms with E-state index in [4.69, 9.17) is 4.42 Å². The van der Waals surface area contributed by atoms with E-state index in [1.165, 1.54) is 11.1 Å². The van der Waals surface area contributed by atoms with E-state index in [1.54, 1.807) is 13.8 Å². The van der Waals surface area contributed by atoms with Gasteiger partial charge in [0, 0.05) is 26.1 Å². The normalized spacial score (nSPS) is 29.6. The van der Waals surface area contributed by atoms with Crippen LogP contribution < -0.4 is 5.32 Å². The Hall–Kier alpha value is -2.18. The fourth-order valence-corrected chi connectivity index (χ4v) is 5.69. The van der Waals surface area contributed by atoms with Gasteiger partial charge in [-0.2, -0.15) is 0 Å². The number of fused-ring (bicyclic) bond motifs is 2. The van der Waals surface area contributed by atoms with E-state index >= 15 is 0 Å². The van der Waals surface area contributed by atoms with Crippen molar-refractivity contribution in [2.24, 2.45) is 11.8 Å². The first-order chi connectivity index (χ1) is 14.0. The lowest BCUT2D eigenvalue weighted by Crippen LogP contribution is -2.49. The molecular weight excluding hydrogens is 366 g/mol. The van der Waals surface area contributed by atoms with Crippen molar-refractivity contribution >= 4 is 5.91 Å². The summed E-state index contributed by atoms with van der Waals surface area (Å²) in [4.78, 5) is 19.4. The number of aromatic nitrogens is 1. The zero-order chi connectivity index (χ0) is 20.1. The average Bonchev–Trinajstić information content (AvgIpc) is 3.37. The minimum atomic E-state index is -0.509. The van der Waals surface area contributed by atoms with Gasteiger partial charge < -0.3 is 14.8 Å². The molecule has 2 aliphatic carbocycles. The number of amides is 1. The zero-order valence-corrected chi connectivity index (χ0v) is 17.1. The number of carbonyl (C=O) groups is 1. The first kappa shape index (κ1) is 18.8. The molecule has 1 amide bonds. The van der Waals surface area contributed by atoms with Crippen molar-refractivity contribution in [1.29, 1.82) is 0 Å². The van der Waals surface area contributed by atoms with Gasteiger partial charge >= 0.3 is 0 Å². The highest BCUT2D eigenvalue weighted by Crippen LogP contribution is 2.39. The van der Waals surface area contributed by atoms with Crippen molar-refractivity contribution in [1.82, 2.24) is 15.2 Å². The largest absolute Gasteiger partial charge is 0.436 e. The highest BCUT2D eigenvalue weighted by molar-refractivity contribution is 5.92. The molecule has 2 heterocycles. The second kappa shape index (κ2) is 7.26. The van der Waals surface area contributed by atoms with Gasteiger partial charge in [-0.15, -0.1) is 0 Å². The fraction of sp³-hybridized carbons (Fsp3) is 0.565. The van der Waals surface area contributed by atoms with Gasteiger partial charge in [0.2, 0.25) is 5.76 Å². The molecule has 0 spiro atoms. The predicted molar refractivity (Wildman–Crippen MR) is 109 cm³/mol. The fourth-order valence-electron chi connectivity index (χ4n) is 5.69. The first-order valence-electron chi connectivity index (χ1n) is 10.7. The lowest BCUT2D eigenvalue weighted by molar-refractivity contribution is 0.0451. The molecule has 1 aliphatic heterocycles. The van der Waals surface area contributed by atoms with Crippen molar-refractivity contribution in [2.45, 2.75) is 57.7 Å². The maximum Gasteiger partial charge on any atom is 0.289 e. The third kappa shape index (κ3) is 3.49. The number of likely N-dealkylation sites (tertiary alicyclic amines) is 1. The van der Waals surface area contributed by atoms with Gasteiger partial charge in [-0.1, -0.05) is 24.3 Å². The topological polar surface area (TPSA) is 78.6 Å². The number of hydrogen-bond donors (Lipinski definition) is 2. The van der Waals surface area contributed by atoms with Gasteiger partial charge in [-0.25, -0.2) is 4.98 Å². The molecule has 0 radical (unpaired) electrons. The van der Waals surface area contributed by atoms with Gasteiger partial charge in [0.25, 0.3) is 5.91 Å². The molecule has 2 N–H and O–H groups in total. The van der Waals surface area contributed by atoms with Crippen LogP contribution in [-0.4, -0.2) is 52.2 Å². The van der Waals surface area contributed by atoms with Gasteiger partial charge in [-0.3, -0.25) is 9.69 Å². The number of carbonyl (C=O) groups excluding carboxylic acids is 1. The Labute approximate surface area is 171 Å². The summed E-state index contributed by atoms with van der Waals surface area (Å²) >= 11 is 0. The third-order valence-corrected chi connectivity index (χ3v) is 7.14. The van der Waals surface area contributed by atoms with Crippen molar-refractivity contribution < 1.29 is 14.3 Å². The number of oxazole rings is 1. The molecule has 154 valence electrons. The van der Waals surface area contributed by atoms with Crippen molar-refractivity contribution in [2.75, 3.05) is 13.1 Å². The average molecular weight is 396 g/mol. The van der Waals surface area contributed by atoms with Crippen LogP contribution in [0.3, 0.4) is 0 Å². The van der Waals surface area contributed by atoms with Gasteiger partial charge in [0.05, 0.1) is 17.8 Å². The number of rotatable bonds is 3. The van der Waals surface area contributed by atoms with E-state index in [9.17, 15) is 9.90 Å². The zero-order valence-electron chi connectivity index (χ0n) is 17.1. The van der Waals surface area contributed by atoms with Crippen LogP contribution in [0.15, 0.2) is 28.7 Å². The molecule has 29 heavy (non-hydrogen) atoms. The number of aryl methyl sites for hydroxylation is 2. The monoisotopic (exact) mass is 395 g/mol. The SMILES string of the molecule is Cc1nc(C)c(C(=O)N[C@H]2C[C@H]3CN(C4Cc5ccccc5C4)C[C@H]3C[C@@H]2O)o1. The maximum absolute atomic E-state index is 12.6.